The van der Waals surface area contributed by atoms with Crippen LogP contribution in [0.2, 0.25) is 0 Å². The summed E-state index contributed by atoms with van der Waals surface area (Å²) in [5, 5.41) is 0. The molecule has 2 saturated heterocycles. The van der Waals surface area contributed by atoms with Gasteiger partial charge in [-0.25, -0.2) is 4.39 Å². The molecule has 148 valence electrons. The summed E-state index contributed by atoms with van der Waals surface area (Å²) in [6.07, 6.45) is 4.40. The van der Waals surface area contributed by atoms with Crippen molar-refractivity contribution >= 4 is 5.91 Å². The number of methoxy groups -OCH3 is 2. The quantitative estimate of drug-likeness (QED) is 0.772. The monoisotopic (exact) mass is 383 g/mol. The highest BCUT2D eigenvalue weighted by Crippen LogP contribution is 2.43. The highest BCUT2D eigenvalue weighted by Gasteiger charge is 2.43. The number of ether oxygens (including phenoxy) is 2. The van der Waals surface area contributed by atoms with Crippen molar-refractivity contribution in [3.05, 3.63) is 59.4 Å². The third-order valence-corrected chi connectivity index (χ3v) is 6.17. The molecule has 0 N–H and O–H groups in total. The Hall–Kier alpha value is -2.56. The molecule has 2 aromatic carbocycles. The first-order valence-electron chi connectivity index (χ1n) is 9.86. The normalized spacial score (nSPS) is 23.5. The van der Waals surface area contributed by atoms with Gasteiger partial charge in [-0.15, -0.1) is 0 Å². The molecule has 4 nitrogen and oxygen atoms in total. The molecule has 2 fully saturated rings. The van der Waals surface area contributed by atoms with Crippen LogP contribution >= 0.6 is 0 Å². The Morgan fingerprint density at radius 2 is 1.64 bits per heavy atom. The van der Waals surface area contributed by atoms with E-state index < -0.39 is 0 Å². The lowest BCUT2D eigenvalue weighted by molar-refractivity contribution is -0.135. The smallest absolute Gasteiger partial charge is 0.227 e. The minimum absolute atomic E-state index is 0.178. The van der Waals surface area contributed by atoms with Crippen LogP contribution in [0.3, 0.4) is 0 Å². The standard InChI is InChI=1S/C23H26FNO3/c1-27-21-10-3-15(11-22(21)28-2)12-23(26)25-19-8-9-20(25)14-17(13-19)16-4-6-18(24)7-5-16/h3-7,10-11,17,19-20H,8-9,12-14H2,1-2H3/t19-,20-/m0/s1. The van der Waals surface area contributed by atoms with Gasteiger partial charge in [0.05, 0.1) is 20.6 Å². The van der Waals surface area contributed by atoms with Crippen molar-refractivity contribution in [2.75, 3.05) is 14.2 Å². The van der Waals surface area contributed by atoms with Crippen LogP contribution in [0.25, 0.3) is 0 Å². The van der Waals surface area contributed by atoms with Gasteiger partial charge in [0, 0.05) is 12.1 Å². The van der Waals surface area contributed by atoms with Gasteiger partial charge in [0.2, 0.25) is 5.91 Å². The van der Waals surface area contributed by atoms with E-state index in [0.29, 0.717) is 23.8 Å². The van der Waals surface area contributed by atoms with Crippen molar-refractivity contribution in [1.82, 2.24) is 4.90 Å². The highest BCUT2D eigenvalue weighted by atomic mass is 19.1. The van der Waals surface area contributed by atoms with E-state index in [1.165, 1.54) is 17.7 Å². The number of nitrogens with zero attached hydrogens (tertiary/aromatic N) is 1. The summed E-state index contributed by atoms with van der Waals surface area (Å²) < 4.78 is 23.9. The average Bonchev–Trinajstić information content (AvgIpc) is 2.98. The number of halogens is 1. The van der Waals surface area contributed by atoms with Crippen LogP contribution in [0.5, 0.6) is 11.5 Å². The molecule has 2 aliphatic rings. The van der Waals surface area contributed by atoms with Gasteiger partial charge < -0.3 is 14.4 Å². The lowest BCUT2D eigenvalue weighted by atomic mass is 9.85. The average molecular weight is 383 g/mol. The lowest BCUT2D eigenvalue weighted by Gasteiger charge is -2.39. The van der Waals surface area contributed by atoms with Crippen molar-refractivity contribution in [2.24, 2.45) is 0 Å². The van der Waals surface area contributed by atoms with Gasteiger partial charge >= 0.3 is 0 Å². The van der Waals surface area contributed by atoms with E-state index in [4.69, 9.17) is 9.47 Å². The Morgan fingerprint density at radius 1 is 1.00 bits per heavy atom. The number of piperidine rings is 1. The van der Waals surface area contributed by atoms with Gasteiger partial charge in [-0.3, -0.25) is 4.79 Å². The van der Waals surface area contributed by atoms with Crippen LogP contribution in [-0.2, 0) is 11.2 Å². The highest BCUT2D eigenvalue weighted by molar-refractivity contribution is 5.80. The summed E-state index contributed by atoms with van der Waals surface area (Å²) in [5.41, 5.74) is 2.12. The predicted molar refractivity (Wildman–Crippen MR) is 105 cm³/mol. The zero-order valence-electron chi connectivity index (χ0n) is 16.4. The van der Waals surface area contributed by atoms with Crippen molar-refractivity contribution in [2.45, 2.75) is 50.1 Å². The molecular weight excluding hydrogens is 357 g/mol. The number of carbonyl (C=O) groups excluding carboxylic acids is 1. The Kier molecular flexibility index (Phi) is 5.25. The summed E-state index contributed by atoms with van der Waals surface area (Å²) >= 11 is 0. The molecule has 2 aliphatic heterocycles. The van der Waals surface area contributed by atoms with Crippen molar-refractivity contribution in [3.8, 4) is 11.5 Å². The number of hydrogen-bond donors (Lipinski definition) is 0. The predicted octanol–water partition coefficient (Wildman–Crippen LogP) is 4.32. The second-order valence-corrected chi connectivity index (χ2v) is 7.77. The fraction of sp³-hybridized carbons (Fsp3) is 0.435. The molecule has 0 aromatic heterocycles. The van der Waals surface area contributed by atoms with E-state index in [9.17, 15) is 9.18 Å². The minimum Gasteiger partial charge on any atom is -0.493 e. The molecule has 2 aromatic rings. The molecule has 0 spiro atoms. The largest absolute Gasteiger partial charge is 0.493 e. The van der Waals surface area contributed by atoms with Gasteiger partial charge in [-0.1, -0.05) is 18.2 Å². The zero-order valence-corrected chi connectivity index (χ0v) is 16.4. The summed E-state index contributed by atoms with van der Waals surface area (Å²) in [6, 6.07) is 13.1. The van der Waals surface area contributed by atoms with E-state index in [1.807, 2.05) is 30.3 Å². The molecule has 2 heterocycles. The third kappa shape index (κ3) is 3.58. The Morgan fingerprint density at radius 3 is 2.25 bits per heavy atom. The van der Waals surface area contributed by atoms with Crippen LogP contribution in [0.15, 0.2) is 42.5 Å². The zero-order chi connectivity index (χ0) is 19.7. The van der Waals surface area contributed by atoms with E-state index in [-0.39, 0.29) is 23.8 Å². The van der Waals surface area contributed by atoms with Crippen LogP contribution in [-0.4, -0.2) is 37.1 Å². The Bertz CT molecular complexity index is 837. The molecule has 2 atom stereocenters. The molecule has 0 aliphatic carbocycles. The maximum absolute atomic E-state index is 13.2. The van der Waals surface area contributed by atoms with Crippen LogP contribution in [0, 0.1) is 5.82 Å². The molecular formula is C23H26FNO3. The summed E-state index contributed by atoms with van der Waals surface area (Å²) in [7, 11) is 3.20. The minimum atomic E-state index is -0.200. The third-order valence-electron chi connectivity index (χ3n) is 6.17. The van der Waals surface area contributed by atoms with Crippen LogP contribution in [0.4, 0.5) is 4.39 Å². The number of amides is 1. The molecule has 4 rings (SSSR count). The lowest BCUT2D eigenvalue weighted by Crippen LogP contribution is -2.46. The van der Waals surface area contributed by atoms with E-state index in [0.717, 1.165) is 31.2 Å². The topological polar surface area (TPSA) is 38.8 Å². The maximum Gasteiger partial charge on any atom is 0.227 e. The van der Waals surface area contributed by atoms with Gasteiger partial charge in [-0.05, 0) is 67.0 Å². The van der Waals surface area contributed by atoms with Gasteiger partial charge in [0.25, 0.3) is 0 Å². The fourth-order valence-electron chi connectivity index (χ4n) is 4.85. The van der Waals surface area contributed by atoms with Gasteiger partial charge in [0.15, 0.2) is 11.5 Å². The number of carbonyl (C=O) groups is 1. The Balaban J connectivity index is 1.46. The molecule has 0 radical (unpaired) electrons. The van der Waals surface area contributed by atoms with Crippen molar-refractivity contribution in [3.63, 3.8) is 0 Å². The van der Waals surface area contributed by atoms with Crippen molar-refractivity contribution < 1.29 is 18.7 Å². The first-order valence-corrected chi connectivity index (χ1v) is 9.86. The number of hydrogen-bond acceptors (Lipinski definition) is 3. The van der Waals surface area contributed by atoms with E-state index in [1.54, 1.807) is 14.2 Å². The van der Waals surface area contributed by atoms with E-state index in [2.05, 4.69) is 4.90 Å². The number of fused-ring (bicyclic) bond motifs is 2. The maximum atomic E-state index is 13.2. The van der Waals surface area contributed by atoms with Crippen LogP contribution in [0.1, 0.15) is 42.7 Å². The summed E-state index contributed by atoms with van der Waals surface area (Å²) in [4.78, 5) is 15.2. The number of rotatable bonds is 5. The fourth-order valence-corrected chi connectivity index (χ4v) is 4.85. The molecule has 5 heteroatoms. The van der Waals surface area contributed by atoms with Crippen LogP contribution < -0.4 is 9.47 Å². The summed E-state index contributed by atoms with van der Waals surface area (Å²) in [5.74, 6) is 1.69. The van der Waals surface area contributed by atoms with Gasteiger partial charge in [0.1, 0.15) is 5.82 Å². The first-order chi connectivity index (χ1) is 13.6. The Labute approximate surface area is 165 Å². The molecule has 0 saturated carbocycles. The van der Waals surface area contributed by atoms with E-state index >= 15 is 0 Å². The SMILES string of the molecule is COc1ccc(CC(=O)N2[C@H]3CC[C@H]2CC(c2ccc(F)cc2)C3)cc1OC. The van der Waals surface area contributed by atoms with Gasteiger partial charge in [-0.2, -0.15) is 0 Å². The first kappa shape index (κ1) is 18.8. The molecule has 0 unspecified atom stereocenters. The second kappa shape index (κ2) is 7.82. The summed E-state index contributed by atoms with van der Waals surface area (Å²) in [6.45, 7) is 0. The van der Waals surface area contributed by atoms with Crippen molar-refractivity contribution in [1.29, 1.82) is 0 Å². The molecule has 1 amide bonds. The number of benzene rings is 2. The molecule has 28 heavy (non-hydrogen) atoms. The second-order valence-electron chi connectivity index (χ2n) is 7.77. The molecule has 2 bridgehead atoms.